The zero-order chi connectivity index (χ0) is 17.4. The summed E-state index contributed by atoms with van der Waals surface area (Å²) in [5.74, 6) is 0.952. The lowest BCUT2D eigenvalue weighted by molar-refractivity contribution is 0.315. The Balaban J connectivity index is 0.00000196. The van der Waals surface area contributed by atoms with Gasteiger partial charge >= 0.3 is 0 Å². The van der Waals surface area contributed by atoms with Gasteiger partial charge in [0.1, 0.15) is 5.82 Å². The summed E-state index contributed by atoms with van der Waals surface area (Å²) in [4.78, 5) is 21.9. The van der Waals surface area contributed by atoms with Crippen molar-refractivity contribution in [2.75, 3.05) is 13.1 Å². The summed E-state index contributed by atoms with van der Waals surface area (Å²) in [6, 6.07) is 15.6. The largest absolute Gasteiger partial charge is 0.326 e. The molecular formula is C19H20Cl2N4O. The molecule has 1 fully saturated rings. The Bertz CT molecular complexity index is 961. The molecule has 0 radical (unpaired) electrons. The first-order valence-electron chi connectivity index (χ1n) is 8.31. The van der Waals surface area contributed by atoms with E-state index in [0.29, 0.717) is 34.2 Å². The maximum absolute atomic E-state index is 12.3. The number of halogens is 2. The molecule has 4 rings (SSSR count). The van der Waals surface area contributed by atoms with Crippen LogP contribution in [-0.4, -0.2) is 34.0 Å². The average Bonchev–Trinajstić information content (AvgIpc) is 2.97. The average molecular weight is 391 g/mol. The van der Waals surface area contributed by atoms with E-state index in [9.17, 15) is 4.79 Å². The van der Waals surface area contributed by atoms with Crippen LogP contribution in [0.2, 0.25) is 5.02 Å². The maximum atomic E-state index is 12.3. The van der Waals surface area contributed by atoms with Crippen LogP contribution in [0.15, 0.2) is 53.3 Å². The molecule has 2 aromatic carbocycles. The van der Waals surface area contributed by atoms with Crippen molar-refractivity contribution in [2.45, 2.75) is 18.5 Å². The van der Waals surface area contributed by atoms with Gasteiger partial charge in [-0.05, 0) is 23.8 Å². The predicted molar refractivity (Wildman–Crippen MR) is 107 cm³/mol. The van der Waals surface area contributed by atoms with E-state index >= 15 is 0 Å². The first kappa shape index (κ1) is 18.9. The van der Waals surface area contributed by atoms with Crippen LogP contribution >= 0.6 is 24.0 Å². The third kappa shape index (κ3) is 3.76. The zero-order valence-corrected chi connectivity index (χ0v) is 15.6. The van der Waals surface area contributed by atoms with Crippen LogP contribution < -0.4 is 11.3 Å². The van der Waals surface area contributed by atoms with Crippen LogP contribution in [0, 0.1) is 0 Å². The first-order chi connectivity index (χ1) is 12.1. The van der Waals surface area contributed by atoms with Crippen molar-refractivity contribution >= 4 is 34.9 Å². The number of rotatable bonds is 3. The molecule has 0 bridgehead atoms. The Morgan fingerprint density at radius 1 is 1.19 bits per heavy atom. The fourth-order valence-corrected chi connectivity index (χ4v) is 3.71. The van der Waals surface area contributed by atoms with E-state index in [2.05, 4.69) is 27.0 Å². The fraction of sp³-hybridized carbons (Fsp3) is 0.263. The highest BCUT2D eigenvalue weighted by Crippen LogP contribution is 2.27. The van der Waals surface area contributed by atoms with Crippen molar-refractivity contribution in [2.24, 2.45) is 5.73 Å². The number of hydrogen-bond acceptors (Lipinski definition) is 4. The first-order valence-corrected chi connectivity index (χ1v) is 8.69. The van der Waals surface area contributed by atoms with E-state index in [0.717, 1.165) is 13.1 Å². The molecular weight excluding hydrogens is 371 g/mol. The Morgan fingerprint density at radius 3 is 2.73 bits per heavy atom. The van der Waals surface area contributed by atoms with Crippen molar-refractivity contribution in [1.29, 1.82) is 0 Å². The number of fused-ring (bicyclic) bond motifs is 1. The highest BCUT2D eigenvalue weighted by atomic mass is 35.5. The summed E-state index contributed by atoms with van der Waals surface area (Å²) in [7, 11) is 0. The second-order valence-electron chi connectivity index (χ2n) is 6.55. The number of aromatic nitrogens is 2. The van der Waals surface area contributed by atoms with Gasteiger partial charge in [-0.25, -0.2) is 4.98 Å². The summed E-state index contributed by atoms with van der Waals surface area (Å²) in [5, 5.41) is 1.04. The van der Waals surface area contributed by atoms with Gasteiger partial charge in [0.05, 0.1) is 17.4 Å². The van der Waals surface area contributed by atoms with E-state index in [1.807, 2.05) is 18.2 Å². The molecule has 5 nitrogen and oxygen atoms in total. The van der Waals surface area contributed by atoms with Crippen molar-refractivity contribution in [1.82, 2.24) is 14.9 Å². The predicted octanol–water partition coefficient (Wildman–Crippen LogP) is 2.93. The number of nitrogens with one attached hydrogen (secondary N) is 1. The summed E-state index contributed by atoms with van der Waals surface area (Å²) in [6.45, 7) is 2.21. The van der Waals surface area contributed by atoms with Crippen LogP contribution in [-0.2, 0) is 6.54 Å². The zero-order valence-electron chi connectivity index (χ0n) is 14.1. The van der Waals surface area contributed by atoms with E-state index in [1.165, 1.54) is 5.56 Å². The number of benzene rings is 2. The van der Waals surface area contributed by atoms with Gasteiger partial charge in [-0.2, -0.15) is 0 Å². The molecule has 136 valence electrons. The molecule has 1 saturated heterocycles. The molecule has 0 amide bonds. The number of H-pyrrole nitrogens is 1. The van der Waals surface area contributed by atoms with Crippen molar-refractivity contribution in [3.63, 3.8) is 0 Å². The topological polar surface area (TPSA) is 75.0 Å². The van der Waals surface area contributed by atoms with E-state index in [-0.39, 0.29) is 24.0 Å². The van der Waals surface area contributed by atoms with Crippen LogP contribution in [0.3, 0.4) is 0 Å². The van der Waals surface area contributed by atoms with Gasteiger partial charge in [0, 0.05) is 30.1 Å². The quantitative estimate of drug-likeness (QED) is 0.720. The van der Waals surface area contributed by atoms with Crippen LogP contribution in [0.5, 0.6) is 0 Å². The smallest absolute Gasteiger partial charge is 0.258 e. The summed E-state index contributed by atoms with van der Waals surface area (Å²) in [6.07, 6.45) is 0. The monoisotopic (exact) mass is 390 g/mol. The van der Waals surface area contributed by atoms with Crippen LogP contribution in [0.25, 0.3) is 10.9 Å². The van der Waals surface area contributed by atoms with Crippen LogP contribution in [0.4, 0.5) is 0 Å². The maximum Gasteiger partial charge on any atom is 0.258 e. The van der Waals surface area contributed by atoms with E-state index in [1.54, 1.807) is 18.2 Å². The molecule has 2 heterocycles. The standard InChI is InChI=1S/C19H19ClN4O.ClH/c20-13-6-7-17-14(8-13)19(25)23-18(22-17)11-24-9-15(16(21)10-24)12-4-2-1-3-5-12;/h1-8,15-16H,9-11,21H2,(H,22,23,25);1H/t15-,16+;/m0./s1. The Hall–Kier alpha value is -1.92. The number of nitrogens with zero attached hydrogens (tertiary/aromatic N) is 2. The normalized spacial score (nSPS) is 20.2. The van der Waals surface area contributed by atoms with E-state index in [4.69, 9.17) is 17.3 Å². The van der Waals surface area contributed by atoms with Crippen molar-refractivity contribution < 1.29 is 0 Å². The molecule has 0 unspecified atom stereocenters. The molecule has 1 aromatic heterocycles. The SMILES string of the molecule is Cl.N[C@@H]1CN(Cc2nc3ccc(Cl)cc3c(=O)[nH]2)C[C@H]1c1ccccc1. The number of hydrogen-bond donors (Lipinski definition) is 2. The van der Waals surface area contributed by atoms with Crippen molar-refractivity contribution in [3.05, 3.63) is 75.3 Å². The van der Waals surface area contributed by atoms with Crippen molar-refractivity contribution in [3.8, 4) is 0 Å². The number of aromatic amines is 1. The van der Waals surface area contributed by atoms with Gasteiger partial charge in [-0.3, -0.25) is 9.69 Å². The molecule has 3 N–H and O–H groups in total. The second-order valence-corrected chi connectivity index (χ2v) is 6.99. The molecule has 7 heteroatoms. The lowest BCUT2D eigenvalue weighted by atomic mass is 9.95. The second kappa shape index (κ2) is 7.76. The molecule has 0 aliphatic carbocycles. The highest BCUT2D eigenvalue weighted by molar-refractivity contribution is 6.31. The van der Waals surface area contributed by atoms with Gasteiger partial charge in [-0.1, -0.05) is 41.9 Å². The van der Waals surface area contributed by atoms with Crippen LogP contribution in [0.1, 0.15) is 17.3 Å². The summed E-state index contributed by atoms with van der Waals surface area (Å²) >= 11 is 5.96. The van der Waals surface area contributed by atoms with Gasteiger partial charge in [0.15, 0.2) is 0 Å². The third-order valence-electron chi connectivity index (χ3n) is 4.76. The lowest BCUT2D eigenvalue weighted by Gasteiger charge is -2.15. The van der Waals surface area contributed by atoms with E-state index < -0.39 is 0 Å². The Kier molecular flexibility index (Phi) is 5.63. The molecule has 0 saturated carbocycles. The number of nitrogens with two attached hydrogens (primary N) is 1. The molecule has 2 atom stereocenters. The summed E-state index contributed by atoms with van der Waals surface area (Å²) < 4.78 is 0. The Morgan fingerprint density at radius 2 is 1.96 bits per heavy atom. The third-order valence-corrected chi connectivity index (χ3v) is 4.99. The molecule has 1 aliphatic rings. The van der Waals surface area contributed by atoms with Gasteiger partial charge in [0.25, 0.3) is 5.56 Å². The molecule has 3 aromatic rings. The Labute approximate surface area is 162 Å². The summed E-state index contributed by atoms with van der Waals surface area (Å²) in [5.41, 5.74) is 8.10. The molecule has 1 aliphatic heterocycles. The van der Waals surface area contributed by atoms with Gasteiger partial charge < -0.3 is 10.7 Å². The number of likely N-dealkylation sites (tertiary alicyclic amines) is 1. The minimum absolute atomic E-state index is 0. The highest BCUT2D eigenvalue weighted by Gasteiger charge is 2.31. The minimum atomic E-state index is -0.161. The molecule has 26 heavy (non-hydrogen) atoms. The fourth-order valence-electron chi connectivity index (χ4n) is 3.54. The lowest BCUT2D eigenvalue weighted by Crippen LogP contribution is -2.29. The van der Waals surface area contributed by atoms with Gasteiger partial charge in [-0.15, -0.1) is 12.4 Å². The minimum Gasteiger partial charge on any atom is -0.326 e. The molecule has 0 spiro atoms. The van der Waals surface area contributed by atoms with Gasteiger partial charge in [0.2, 0.25) is 0 Å².